The Kier molecular flexibility index (Phi) is 7.21. The summed E-state index contributed by atoms with van der Waals surface area (Å²) in [5.74, 6) is 0. The Labute approximate surface area is 134 Å². The first kappa shape index (κ1) is 19.8. The summed E-state index contributed by atoms with van der Waals surface area (Å²) in [6, 6.07) is 10.8. The molecule has 1 saturated heterocycles. The van der Waals surface area contributed by atoms with Gasteiger partial charge in [-0.15, -0.1) is 0 Å². The number of hydrogen-bond donors (Lipinski definition) is 4. The second kappa shape index (κ2) is 8.02. The van der Waals surface area contributed by atoms with Crippen LogP contribution in [-0.2, 0) is 6.16 Å². The van der Waals surface area contributed by atoms with Gasteiger partial charge in [-0.1, -0.05) is 37.3 Å². The van der Waals surface area contributed by atoms with Crippen LogP contribution in [0, 0.1) is 10.2 Å². The zero-order valence-electron chi connectivity index (χ0n) is 13.2. The van der Waals surface area contributed by atoms with E-state index in [1.54, 1.807) is 0 Å². The summed E-state index contributed by atoms with van der Waals surface area (Å²) in [5.41, 5.74) is 1.13. The Balaban J connectivity index is 0.000000422. The second-order valence-electron chi connectivity index (χ2n) is 6.22. The molecule has 1 heterocycles. The van der Waals surface area contributed by atoms with Crippen LogP contribution >= 0.6 is 7.26 Å². The fourth-order valence-electron chi connectivity index (χ4n) is 2.73. The van der Waals surface area contributed by atoms with Crippen molar-refractivity contribution in [2.75, 3.05) is 19.0 Å². The van der Waals surface area contributed by atoms with E-state index in [2.05, 4.69) is 43.9 Å². The summed E-state index contributed by atoms with van der Waals surface area (Å²) in [6.45, 7) is 4.59. The van der Waals surface area contributed by atoms with Crippen LogP contribution in [0.5, 0.6) is 0 Å². The van der Waals surface area contributed by atoms with E-state index in [0.717, 1.165) is 19.3 Å². The van der Waals surface area contributed by atoms with Crippen molar-refractivity contribution in [2.45, 2.75) is 37.9 Å². The molecular weight excluding hydrogens is 327 g/mol. The molecule has 0 bridgehead atoms. The Morgan fingerprint density at radius 3 is 2.00 bits per heavy atom. The Morgan fingerprint density at radius 1 is 1.14 bits per heavy atom. The van der Waals surface area contributed by atoms with Crippen molar-refractivity contribution in [1.82, 2.24) is 0 Å². The summed E-state index contributed by atoms with van der Waals surface area (Å²) < 4.78 is 30.2. The van der Waals surface area contributed by atoms with Gasteiger partial charge in [-0.05, 0) is 12.0 Å². The molecule has 5 nitrogen and oxygen atoms in total. The van der Waals surface area contributed by atoms with E-state index in [9.17, 15) is 5.11 Å². The topological polar surface area (TPSA) is 104 Å². The van der Waals surface area contributed by atoms with Crippen molar-refractivity contribution < 1.29 is 34.0 Å². The van der Waals surface area contributed by atoms with Crippen LogP contribution in [0.15, 0.2) is 30.3 Å². The first-order chi connectivity index (χ1) is 10.1. The molecule has 1 aliphatic heterocycles. The van der Waals surface area contributed by atoms with Crippen molar-refractivity contribution in [1.29, 1.82) is 0 Å². The Morgan fingerprint density at radius 2 is 1.59 bits per heavy atom. The van der Waals surface area contributed by atoms with Crippen molar-refractivity contribution in [3.63, 3.8) is 0 Å². The van der Waals surface area contributed by atoms with Gasteiger partial charge in [0, 0.05) is 26.8 Å². The molecule has 1 fully saturated rings. The first-order valence-corrected chi connectivity index (χ1v) is 11.4. The van der Waals surface area contributed by atoms with Crippen molar-refractivity contribution in [2.24, 2.45) is 0 Å². The summed E-state index contributed by atoms with van der Waals surface area (Å²) in [7, 11) is -5.03. The van der Waals surface area contributed by atoms with Gasteiger partial charge >= 0.3 is 28.9 Å². The third kappa shape index (κ3) is 7.84. The fraction of sp³-hybridized carbons (Fsp3) is 0.600. The molecule has 2 rings (SSSR count). The molecule has 4 N–H and O–H groups in total. The predicted molar refractivity (Wildman–Crippen MR) is 83.9 cm³/mol. The molecule has 0 radical (unpaired) electrons. The van der Waals surface area contributed by atoms with Gasteiger partial charge in [-0.2, -0.15) is 0 Å². The van der Waals surface area contributed by atoms with E-state index in [4.69, 9.17) is 18.6 Å². The summed E-state index contributed by atoms with van der Waals surface area (Å²) in [5, 5.41) is 10.3. The Hall–Kier alpha value is -0.260. The zero-order chi connectivity index (χ0) is 16.9. The van der Waals surface area contributed by atoms with Gasteiger partial charge in [0.25, 0.3) is 0 Å². The average Bonchev–Trinajstić information content (AvgIpc) is 2.42. The van der Waals surface area contributed by atoms with Crippen molar-refractivity contribution in [3.05, 3.63) is 35.9 Å². The normalized spacial score (nSPS) is 29.4. The molecule has 7 heteroatoms. The summed E-state index contributed by atoms with van der Waals surface area (Å²) in [4.78, 5) is 0. The van der Waals surface area contributed by atoms with Crippen LogP contribution < -0.4 is 4.66 Å². The molecule has 0 saturated carbocycles. The number of rotatable bonds is 3. The van der Waals surface area contributed by atoms with Gasteiger partial charge in [0.2, 0.25) is 0 Å². The monoisotopic (exact) mass is 353 g/mol. The zero-order valence-corrected chi connectivity index (χ0v) is 14.8. The Bertz CT molecular complexity index is 435. The standard InChI is InChI=1S/C15H24OP.ClH3O4/c1-3-15(16)9-11-17(2,12-10-15)13-14-7-5-4-6-8-14;2-1(3,4)5/h4-8,16H,3,9-13H2,1-2H3;2-4H/q+1;. The van der Waals surface area contributed by atoms with Gasteiger partial charge in [0.05, 0.1) is 24.1 Å². The molecular formula is C15H27ClO5P+. The van der Waals surface area contributed by atoms with Crippen molar-refractivity contribution >= 4 is 7.26 Å². The molecule has 128 valence electrons. The van der Waals surface area contributed by atoms with E-state index < -0.39 is 17.5 Å². The van der Waals surface area contributed by atoms with E-state index in [-0.39, 0.29) is 5.60 Å². The third-order valence-electron chi connectivity index (χ3n) is 4.30. The van der Waals surface area contributed by atoms with Gasteiger partial charge in [-0.3, -0.25) is 0 Å². The summed E-state index contributed by atoms with van der Waals surface area (Å²) >= 11 is 0. The second-order valence-corrected chi connectivity index (χ2v) is 11.5. The number of hydrogen-bond acceptors (Lipinski definition) is 5. The van der Waals surface area contributed by atoms with Gasteiger partial charge in [0.15, 0.2) is 0 Å². The van der Waals surface area contributed by atoms with Crippen molar-refractivity contribution in [3.8, 4) is 0 Å². The van der Waals surface area contributed by atoms with Crippen LogP contribution in [0.25, 0.3) is 0 Å². The van der Waals surface area contributed by atoms with Crippen LogP contribution in [0.1, 0.15) is 31.7 Å². The SMILES string of the molecule is CCC1(O)CC[P+](C)(Cc2ccccc2)CC1.[O-][Cl+](O)(O)O. The van der Waals surface area contributed by atoms with E-state index in [1.807, 2.05) is 0 Å². The average molecular weight is 354 g/mol. The van der Waals surface area contributed by atoms with Gasteiger partial charge in [-0.25, -0.2) is 0 Å². The molecule has 1 aromatic carbocycles. The summed E-state index contributed by atoms with van der Waals surface area (Å²) in [6.07, 6.45) is 6.71. The number of benzene rings is 1. The van der Waals surface area contributed by atoms with Gasteiger partial charge < -0.3 is 5.11 Å². The number of aliphatic hydroxyl groups is 1. The van der Waals surface area contributed by atoms with Gasteiger partial charge in [0.1, 0.15) is 0 Å². The molecule has 0 unspecified atom stereocenters. The molecule has 0 spiro atoms. The van der Waals surface area contributed by atoms with Crippen LogP contribution in [0.2, 0.25) is 0 Å². The van der Waals surface area contributed by atoms with E-state index >= 15 is 0 Å². The molecule has 1 aromatic rings. The van der Waals surface area contributed by atoms with E-state index in [0.29, 0.717) is 0 Å². The third-order valence-corrected chi connectivity index (χ3v) is 8.03. The molecule has 0 atom stereocenters. The molecule has 1 aliphatic rings. The molecule has 22 heavy (non-hydrogen) atoms. The fourth-order valence-corrected chi connectivity index (χ4v) is 6.27. The van der Waals surface area contributed by atoms with Crippen LogP contribution in [-0.4, -0.2) is 43.7 Å². The molecule has 0 aromatic heterocycles. The number of halogens is 1. The quantitative estimate of drug-likeness (QED) is 0.605. The van der Waals surface area contributed by atoms with E-state index in [1.165, 1.54) is 24.0 Å². The molecule has 0 aliphatic carbocycles. The van der Waals surface area contributed by atoms with Crippen LogP contribution in [0.4, 0.5) is 0 Å². The maximum absolute atomic E-state index is 10.3. The van der Waals surface area contributed by atoms with Crippen LogP contribution in [0.3, 0.4) is 0 Å². The minimum atomic E-state index is -4.19. The maximum atomic E-state index is 10.3. The molecule has 0 amide bonds. The predicted octanol–water partition coefficient (Wildman–Crippen LogP) is 0.909. The first-order valence-electron chi connectivity index (χ1n) is 7.31. The minimum absolute atomic E-state index is 0.351.